The fourth-order valence-electron chi connectivity index (χ4n) is 4.03. The number of likely N-dealkylation sites (N-methyl/N-ethyl adjacent to an activating group) is 1. The summed E-state index contributed by atoms with van der Waals surface area (Å²) in [6, 6.07) is 13.8. The summed E-state index contributed by atoms with van der Waals surface area (Å²) in [6.07, 6.45) is 0. The van der Waals surface area contributed by atoms with E-state index in [9.17, 15) is 4.79 Å². The molecule has 0 atom stereocenters. The normalized spacial score (nSPS) is 13.1. The lowest BCUT2D eigenvalue weighted by molar-refractivity contribution is 0.174. The summed E-state index contributed by atoms with van der Waals surface area (Å²) in [5, 5.41) is 4.63. The summed E-state index contributed by atoms with van der Waals surface area (Å²) in [7, 11) is 5.63. The van der Waals surface area contributed by atoms with Crippen LogP contribution < -0.4 is 19.8 Å². The first-order valence-electron chi connectivity index (χ1n) is 9.58. The minimum atomic E-state index is -0.0154. The van der Waals surface area contributed by atoms with Gasteiger partial charge in [0, 0.05) is 23.9 Å². The van der Waals surface area contributed by atoms with Gasteiger partial charge in [-0.05, 0) is 55.2 Å². The Bertz CT molecular complexity index is 1320. The van der Waals surface area contributed by atoms with Crippen LogP contribution in [-0.2, 0) is 6.54 Å². The van der Waals surface area contributed by atoms with E-state index in [-0.39, 0.29) is 12.4 Å². The lowest BCUT2D eigenvalue weighted by atomic mass is 10.00. The second kappa shape index (κ2) is 6.67. The minimum Gasteiger partial charge on any atom is -0.497 e. The van der Waals surface area contributed by atoms with Crippen molar-refractivity contribution >= 4 is 32.4 Å². The quantitative estimate of drug-likeness (QED) is 0.499. The van der Waals surface area contributed by atoms with Gasteiger partial charge < -0.3 is 23.7 Å². The number of benzene rings is 3. The monoisotopic (exact) mass is 390 g/mol. The molecule has 1 aliphatic rings. The van der Waals surface area contributed by atoms with E-state index in [1.165, 1.54) is 0 Å². The number of hydrogen-bond donors (Lipinski definition) is 0. The van der Waals surface area contributed by atoms with Gasteiger partial charge >= 0.3 is 0 Å². The summed E-state index contributed by atoms with van der Waals surface area (Å²) in [5.74, 6) is 2.13. The molecule has 0 fully saturated rings. The number of methoxy groups -OCH3 is 1. The maximum atomic E-state index is 13.5. The van der Waals surface area contributed by atoms with Crippen LogP contribution >= 0.6 is 0 Å². The highest BCUT2D eigenvalue weighted by atomic mass is 16.7. The van der Waals surface area contributed by atoms with Crippen LogP contribution in [-0.4, -0.2) is 44.0 Å². The standard InChI is InChI=1S/C23H22N2O4/c1-24(2)8-9-25-22-17(16-7-5-15(27-3)11-19(16)23(25)26)6-4-14-10-20-21(12-18(14)22)29-13-28-20/h4-7,10-12H,8-9,13H2,1-3H3. The van der Waals surface area contributed by atoms with E-state index < -0.39 is 0 Å². The van der Waals surface area contributed by atoms with Gasteiger partial charge in [0.25, 0.3) is 5.56 Å². The minimum absolute atomic E-state index is 0.0154. The highest BCUT2D eigenvalue weighted by molar-refractivity contribution is 6.16. The van der Waals surface area contributed by atoms with E-state index >= 15 is 0 Å². The van der Waals surface area contributed by atoms with E-state index in [1.807, 2.05) is 49.0 Å². The third-order valence-corrected chi connectivity index (χ3v) is 5.52. The van der Waals surface area contributed by atoms with Crippen LogP contribution in [0.3, 0.4) is 0 Å². The summed E-state index contributed by atoms with van der Waals surface area (Å²) >= 11 is 0. The number of fused-ring (bicyclic) bond motifs is 6. The maximum Gasteiger partial charge on any atom is 0.259 e. The third-order valence-electron chi connectivity index (χ3n) is 5.52. The third kappa shape index (κ3) is 2.79. The van der Waals surface area contributed by atoms with Crippen LogP contribution in [0.1, 0.15) is 0 Å². The molecule has 5 rings (SSSR count). The van der Waals surface area contributed by atoms with Crippen LogP contribution in [0.2, 0.25) is 0 Å². The molecule has 0 bridgehead atoms. The number of aromatic nitrogens is 1. The Labute approximate surface area is 167 Å². The van der Waals surface area contributed by atoms with Crippen molar-refractivity contribution in [3.05, 3.63) is 52.8 Å². The van der Waals surface area contributed by atoms with E-state index in [4.69, 9.17) is 14.2 Å². The number of rotatable bonds is 4. The van der Waals surface area contributed by atoms with Gasteiger partial charge in [0.15, 0.2) is 11.5 Å². The van der Waals surface area contributed by atoms with Gasteiger partial charge in [0.2, 0.25) is 6.79 Å². The fraction of sp³-hybridized carbons (Fsp3) is 0.261. The van der Waals surface area contributed by atoms with Crippen LogP contribution in [0.15, 0.2) is 47.3 Å². The van der Waals surface area contributed by atoms with Gasteiger partial charge in [-0.15, -0.1) is 0 Å². The second-order valence-electron chi connectivity index (χ2n) is 7.56. The van der Waals surface area contributed by atoms with Crippen molar-refractivity contribution in [2.75, 3.05) is 34.5 Å². The van der Waals surface area contributed by atoms with Gasteiger partial charge in [-0.1, -0.05) is 12.1 Å². The predicted octanol–water partition coefficient (Wildman–Crippen LogP) is 3.61. The molecule has 29 heavy (non-hydrogen) atoms. The molecule has 0 N–H and O–H groups in total. The molecular formula is C23H22N2O4. The molecule has 148 valence electrons. The van der Waals surface area contributed by atoms with Crippen molar-refractivity contribution in [2.24, 2.45) is 0 Å². The molecule has 6 nitrogen and oxygen atoms in total. The maximum absolute atomic E-state index is 13.5. The Morgan fingerprint density at radius 3 is 2.48 bits per heavy atom. The largest absolute Gasteiger partial charge is 0.497 e. The zero-order valence-electron chi connectivity index (χ0n) is 16.7. The van der Waals surface area contributed by atoms with Crippen LogP contribution in [0.5, 0.6) is 17.2 Å². The van der Waals surface area contributed by atoms with Crippen molar-refractivity contribution in [3.63, 3.8) is 0 Å². The summed E-state index contributed by atoms with van der Waals surface area (Å²) in [4.78, 5) is 15.6. The van der Waals surface area contributed by atoms with Gasteiger partial charge in [-0.2, -0.15) is 0 Å². The summed E-state index contributed by atoms with van der Waals surface area (Å²) in [5.41, 5.74) is 0.906. The molecular weight excluding hydrogens is 368 g/mol. The summed E-state index contributed by atoms with van der Waals surface area (Å²) < 4.78 is 18.4. The first-order valence-corrected chi connectivity index (χ1v) is 9.58. The van der Waals surface area contributed by atoms with E-state index in [1.54, 1.807) is 7.11 Å². The van der Waals surface area contributed by atoms with Crippen LogP contribution in [0.25, 0.3) is 32.4 Å². The van der Waals surface area contributed by atoms with E-state index in [0.717, 1.165) is 39.4 Å². The molecule has 0 unspecified atom stereocenters. The van der Waals surface area contributed by atoms with Crippen molar-refractivity contribution < 1.29 is 14.2 Å². The van der Waals surface area contributed by atoms with Gasteiger partial charge in [0.05, 0.1) is 18.0 Å². The van der Waals surface area contributed by atoms with Gasteiger partial charge in [0.1, 0.15) is 5.75 Å². The molecule has 0 radical (unpaired) electrons. The lowest BCUT2D eigenvalue weighted by Crippen LogP contribution is -2.27. The topological polar surface area (TPSA) is 52.9 Å². The number of nitrogens with zero attached hydrogens (tertiary/aromatic N) is 2. The molecule has 2 heterocycles. The van der Waals surface area contributed by atoms with Crippen molar-refractivity contribution in [1.29, 1.82) is 0 Å². The Morgan fingerprint density at radius 2 is 1.72 bits per heavy atom. The average molecular weight is 390 g/mol. The number of ether oxygens (including phenoxy) is 3. The zero-order valence-corrected chi connectivity index (χ0v) is 16.7. The van der Waals surface area contributed by atoms with Crippen molar-refractivity contribution in [1.82, 2.24) is 9.47 Å². The molecule has 1 aliphatic heterocycles. The van der Waals surface area contributed by atoms with Crippen molar-refractivity contribution in [3.8, 4) is 17.2 Å². The lowest BCUT2D eigenvalue weighted by Gasteiger charge is -2.18. The molecule has 1 aromatic heterocycles. The molecule has 0 aliphatic carbocycles. The van der Waals surface area contributed by atoms with Crippen molar-refractivity contribution in [2.45, 2.75) is 6.54 Å². The zero-order chi connectivity index (χ0) is 20.1. The van der Waals surface area contributed by atoms with Gasteiger partial charge in [-0.3, -0.25) is 4.79 Å². The Kier molecular flexibility index (Phi) is 4.10. The fourth-order valence-corrected chi connectivity index (χ4v) is 4.03. The number of hydrogen-bond acceptors (Lipinski definition) is 5. The van der Waals surface area contributed by atoms with Gasteiger partial charge in [-0.25, -0.2) is 0 Å². The molecule has 6 heteroatoms. The average Bonchev–Trinajstić information content (AvgIpc) is 3.18. The first kappa shape index (κ1) is 17.8. The SMILES string of the molecule is COc1ccc2c(c1)c(=O)n(CCN(C)C)c1c3cc4c(cc3ccc21)OCO4. The Hall–Kier alpha value is -3.25. The Balaban J connectivity index is 1.93. The second-order valence-corrected chi connectivity index (χ2v) is 7.56. The van der Waals surface area contributed by atoms with Crippen LogP contribution in [0, 0.1) is 0 Å². The molecule has 0 saturated heterocycles. The van der Waals surface area contributed by atoms with E-state index in [0.29, 0.717) is 23.4 Å². The molecule has 0 saturated carbocycles. The molecule has 3 aromatic carbocycles. The first-order chi connectivity index (χ1) is 14.1. The molecule has 0 amide bonds. The molecule has 4 aromatic rings. The number of pyridine rings is 1. The predicted molar refractivity (Wildman–Crippen MR) is 114 cm³/mol. The Morgan fingerprint density at radius 1 is 0.966 bits per heavy atom. The smallest absolute Gasteiger partial charge is 0.259 e. The highest BCUT2D eigenvalue weighted by Gasteiger charge is 2.19. The van der Waals surface area contributed by atoms with E-state index in [2.05, 4.69) is 17.0 Å². The summed E-state index contributed by atoms with van der Waals surface area (Å²) in [6.45, 7) is 1.56. The molecule has 0 spiro atoms. The highest BCUT2D eigenvalue weighted by Crippen LogP contribution is 2.39. The van der Waals surface area contributed by atoms with Crippen LogP contribution in [0.4, 0.5) is 0 Å².